The van der Waals surface area contributed by atoms with Crippen LogP contribution in [0.15, 0.2) is 18.2 Å². The molecule has 3 rings (SSSR count). The summed E-state index contributed by atoms with van der Waals surface area (Å²) < 4.78 is 0. The third-order valence-electron chi connectivity index (χ3n) is 4.00. The molecule has 2 N–H and O–H groups in total. The van der Waals surface area contributed by atoms with Gasteiger partial charge in [0.1, 0.15) is 0 Å². The molecule has 0 bridgehead atoms. The monoisotopic (exact) mass is 242 g/mol. The number of rotatable bonds is 4. The van der Waals surface area contributed by atoms with E-state index in [0.717, 1.165) is 12.6 Å². The van der Waals surface area contributed by atoms with Gasteiger partial charge in [0, 0.05) is 29.2 Å². The number of hydrogen-bond donors (Lipinski definition) is 2. The summed E-state index contributed by atoms with van der Waals surface area (Å²) in [6, 6.07) is 7.56. The zero-order valence-corrected chi connectivity index (χ0v) is 11.5. The molecule has 0 saturated heterocycles. The van der Waals surface area contributed by atoms with Crippen LogP contribution in [0.1, 0.15) is 49.4 Å². The fraction of sp³-hybridized carbons (Fsp3) is 0.500. The molecule has 0 aliphatic heterocycles. The molecule has 2 nitrogen and oxygen atoms in total. The van der Waals surface area contributed by atoms with Gasteiger partial charge < -0.3 is 10.3 Å². The lowest BCUT2D eigenvalue weighted by molar-refractivity contribution is 0.676. The van der Waals surface area contributed by atoms with Crippen molar-refractivity contribution in [1.29, 1.82) is 0 Å². The standard InChI is InChI=1S/C16H22N2/c1-10(2)12-4-7-15-14(8-12)11(3)16(18-15)9-17-13-5-6-13/h4,7-8,10,13,17-18H,5-6,9H2,1-3H3. The number of benzene rings is 1. The molecule has 96 valence electrons. The van der Waals surface area contributed by atoms with Crippen LogP contribution in [0.3, 0.4) is 0 Å². The molecule has 1 saturated carbocycles. The topological polar surface area (TPSA) is 27.8 Å². The molecule has 0 spiro atoms. The average molecular weight is 242 g/mol. The third-order valence-corrected chi connectivity index (χ3v) is 4.00. The van der Waals surface area contributed by atoms with Gasteiger partial charge in [-0.25, -0.2) is 0 Å². The van der Waals surface area contributed by atoms with Gasteiger partial charge in [-0.2, -0.15) is 0 Å². The van der Waals surface area contributed by atoms with Crippen molar-refractivity contribution >= 4 is 10.9 Å². The van der Waals surface area contributed by atoms with Crippen molar-refractivity contribution in [3.63, 3.8) is 0 Å². The number of aromatic amines is 1. The first-order chi connectivity index (χ1) is 8.65. The van der Waals surface area contributed by atoms with Gasteiger partial charge in [0.05, 0.1) is 0 Å². The minimum absolute atomic E-state index is 0.594. The summed E-state index contributed by atoms with van der Waals surface area (Å²) in [6.07, 6.45) is 2.69. The average Bonchev–Trinajstić information content (AvgIpc) is 3.12. The van der Waals surface area contributed by atoms with E-state index in [1.165, 1.54) is 40.6 Å². The van der Waals surface area contributed by atoms with Gasteiger partial charge in [-0.15, -0.1) is 0 Å². The van der Waals surface area contributed by atoms with E-state index in [9.17, 15) is 0 Å². The van der Waals surface area contributed by atoms with Crippen LogP contribution in [0.2, 0.25) is 0 Å². The molecule has 1 aliphatic carbocycles. The van der Waals surface area contributed by atoms with Crippen molar-refractivity contribution in [1.82, 2.24) is 10.3 Å². The summed E-state index contributed by atoms with van der Waals surface area (Å²) in [5, 5.41) is 4.96. The Kier molecular flexibility index (Phi) is 2.90. The molecule has 1 heterocycles. The van der Waals surface area contributed by atoms with Crippen LogP contribution in [0.4, 0.5) is 0 Å². The first kappa shape index (κ1) is 11.8. The van der Waals surface area contributed by atoms with Crippen molar-refractivity contribution in [3.8, 4) is 0 Å². The van der Waals surface area contributed by atoms with Gasteiger partial charge in [0.25, 0.3) is 0 Å². The summed E-state index contributed by atoms with van der Waals surface area (Å²) in [5.74, 6) is 0.594. The first-order valence-corrected chi connectivity index (χ1v) is 6.99. The normalized spacial score (nSPS) is 15.8. The molecule has 1 aromatic heterocycles. The quantitative estimate of drug-likeness (QED) is 0.837. The fourth-order valence-electron chi connectivity index (χ4n) is 2.47. The second kappa shape index (κ2) is 4.43. The molecule has 1 aliphatic rings. The van der Waals surface area contributed by atoms with Crippen molar-refractivity contribution in [2.45, 2.75) is 52.1 Å². The highest BCUT2D eigenvalue weighted by Crippen LogP contribution is 2.27. The lowest BCUT2D eigenvalue weighted by Gasteiger charge is -2.05. The van der Waals surface area contributed by atoms with Gasteiger partial charge in [-0.3, -0.25) is 0 Å². The highest BCUT2D eigenvalue weighted by molar-refractivity contribution is 5.85. The van der Waals surface area contributed by atoms with E-state index >= 15 is 0 Å². The summed E-state index contributed by atoms with van der Waals surface area (Å²) in [4.78, 5) is 3.55. The minimum Gasteiger partial charge on any atom is -0.357 e. The fourth-order valence-corrected chi connectivity index (χ4v) is 2.47. The Labute approximate surface area is 109 Å². The maximum absolute atomic E-state index is 3.58. The molecular weight excluding hydrogens is 220 g/mol. The van der Waals surface area contributed by atoms with Crippen LogP contribution in [-0.4, -0.2) is 11.0 Å². The summed E-state index contributed by atoms with van der Waals surface area (Å²) in [6.45, 7) is 7.70. The molecule has 1 fully saturated rings. The predicted molar refractivity (Wildman–Crippen MR) is 77.0 cm³/mol. The largest absolute Gasteiger partial charge is 0.357 e. The maximum Gasteiger partial charge on any atom is 0.0459 e. The van der Waals surface area contributed by atoms with Gasteiger partial charge in [0.2, 0.25) is 0 Å². The number of hydrogen-bond acceptors (Lipinski definition) is 1. The van der Waals surface area contributed by atoms with Crippen LogP contribution < -0.4 is 5.32 Å². The third kappa shape index (κ3) is 2.17. The molecule has 2 aromatic rings. The van der Waals surface area contributed by atoms with E-state index in [2.05, 4.69) is 49.3 Å². The van der Waals surface area contributed by atoms with E-state index in [4.69, 9.17) is 0 Å². The molecule has 18 heavy (non-hydrogen) atoms. The Morgan fingerprint density at radius 1 is 1.33 bits per heavy atom. The Balaban J connectivity index is 1.93. The Bertz CT molecular complexity index is 562. The minimum atomic E-state index is 0.594. The van der Waals surface area contributed by atoms with Crippen LogP contribution >= 0.6 is 0 Å². The van der Waals surface area contributed by atoms with Crippen molar-refractivity contribution < 1.29 is 0 Å². The number of aromatic nitrogens is 1. The Morgan fingerprint density at radius 2 is 2.11 bits per heavy atom. The van der Waals surface area contributed by atoms with Crippen molar-refractivity contribution in [2.24, 2.45) is 0 Å². The van der Waals surface area contributed by atoms with E-state index in [1.54, 1.807) is 0 Å². The lowest BCUT2D eigenvalue weighted by atomic mass is 10.0. The molecule has 0 atom stereocenters. The second-order valence-electron chi connectivity index (χ2n) is 5.84. The highest BCUT2D eigenvalue weighted by atomic mass is 15.0. The molecule has 2 heteroatoms. The maximum atomic E-state index is 3.58. The Morgan fingerprint density at radius 3 is 2.78 bits per heavy atom. The first-order valence-electron chi connectivity index (χ1n) is 6.99. The lowest BCUT2D eigenvalue weighted by Crippen LogP contribution is -2.16. The van der Waals surface area contributed by atoms with E-state index in [0.29, 0.717) is 5.92 Å². The second-order valence-corrected chi connectivity index (χ2v) is 5.84. The van der Waals surface area contributed by atoms with Crippen LogP contribution in [0.25, 0.3) is 10.9 Å². The van der Waals surface area contributed by atoms with Crippen molar-refractivity contribution in [2.75, 3.05) is 0 Å². The molecule has 0 amide bonds. The van der Waals surface area contributed by atoms with Gasteiger partial charge in [-0.05, 0) is 48.9 Å². The number of aryl methyl sites for hydroxylation is 1. The molecule has 1 aromatic carbocycles. The molecular formula is C16H22N2. The number of fused-ring (bicyclic) bond motifs is 1. The Hall–Kier alpha value is -1.28. The summed E-state index contributed by atoms with van der Waals surface area (Å²) in [7, 11) is 0. The smallest absolute Gasteiger partial charge is 0.0459 e. The zero-order valence-electron chi connectivity index (χ0n) is 11.5. The van der Waals surface area contributed by atoms with Crippen LogP contribution in [0.5, 0.6) is 0 Å². The van der Waals surface area contributed by atoms with Gasteiger partial charge >= 0.3 is 0 Å². The zero-order chi connectivity index (χ0) is 12.7. The predicted octanol–water partition coefficient (Wildman–Crippen LogP) is 3.85. The summed E-state index contributed by atoms with van der Waals surface area (Å²) >= 11 is 0. The molecule has 0 radical (unpaired) electrons. The summed E-state index contributed by atoms with van der Waals surface area (Å²) in [5.41, 5.74) is 5.44. The van der Waals surface area contributed by atoms with E-state index in [1.807, 2.05) is 0 Å². The number of H-pyrrole nitrogens is 1. The van der Waals surface area contributed by atoms with Crippen LogP contribution in [-0.2, 0) is 6.54 Å². The van der Waals surface area contributed by atoms with E-state index in [-0.39, 0.29) is 0 Å². The van der Waals surface area contributed by atoms with E-state index < -0.39 is 0 Å². The van der Waals surface area contributed by atoms with Gasteiger partial charge in [-0.1, -0.05) is 19.9 Å². The highest BCUT2D eigenvalue weighted by Gasteiger charge is 2.20. The number of nitrogens with one attached hydrogen (secondary N) is 2. The molecule has 0 unspecified atom stereocenters. The van der Waals surface area contributed by atoms with Crippen LogP contribution in [0, 0.1) is 6.92 Å². The van der Waals surface area contributed by atoms with Crippen molar-refractivity contribution in [3.05, 3.63) is 35.0 Å². The van der Waals surface area contributed by atoms with Gasteiger partial charge in [0.15, 0.2) is 0 Å². The SMILES string of the molecule is Cc1c(CNC2CC2)[nH]c2ccc(C(C)C)cc12.